The van der Waals surface area contributed by atoms with Crippen molar-refractivity contribution in [3.05, 3.63) is 35.9 Å². The maximum atomic E-state index is 11.5. The van der Waals surface area contributed by atoms with Gasteiger partial charge in [0.25, 0.3) is 0 Å². The first kappa shape index (κ1) is 13.7. The van der Waals surface area contributed by atoms with Gasteiger partial charge in [-0.05, 0) is 31.6 Å². The molecular weight excluding hydrogens is 212 g/mol. The van der Waals surface area contributed by atoms with Gasteiger partial charge in [-0.2, -0.15) is 0 Å². The molecule has 0 aliphatic carbocycles. The molecule has 0 bridgehead atoms. The van der Waals surface area contributed by atoms with Gasteiger partial charge < -0.3 is 10.6 Å². The molecule has 2 N–H and O–H groups in total. The lowest BCUT2D eigenvalue weighted by atomic mass is 9.95. The standard InChI is InChI=1S/C14H22N2O/c1-3-16(4-2)11-10-13(14(15)17)12-8-6-5-7-9-12/h5-9,13H,3-4,10-11H2,1-2H3,(H2,15,17)/t13-/m1/s1. The van der Waals surface area contributed by atoms with Gasteiger partial charge in [0, 0.05) is 0 Å². The molecule has 0 aliphatic rings. The molecule has 1 aromatic rings. The second-order valence-corrected chi connectivity index (χ2v) is 4.18. The molecule has 1 amide bonds. The molecule has 0 saturated heterocycles. The smallest absolute Gasteiger partial charge is 0.225 e. The average Bonchev–Trinajstić information content (AvgIpc) is 2.35. The van der Waals surface area contributed by atoms with Crippen molar-refractivity contribution in [3.8, 4) is 0 Å². The largest absolute Gasteiger partial charge is 0.369 e. The quantitative estimate of drug-likeness (QED) is 0.784. The van der Waals surface area contributed by atoms with Gasteiger partial charge in [0.05, 0.1) is 5.92 Å². The molecule has 0 heterocycles. The molecular formula is C14H22N2O. The normalized spacial score (nSPS) is 12.6. The molecule has 0 spiro atoms. The van der Waals surface area contributed by atoms with Gasteiger partial charge in [0.15, 0.2) is 0 Å². The predicted molar refractivity (Wildman–Crippen MR) is 70.8 cm³/mol. The van der Waals surface area contributed by atoms with Crippen molar-refractivity contribution in [1.29, 1.82) is 0 Å². The molecule has 3 heteroatoms. The number of hydrogen-bond acceptors (Lipinski definition) is 2. The SMILES string of the molecule is CCN(CC)CC[C@@H](C(N)=O)c1ccccc1. The topological polar surface area (TPSA) is 46.3 Å². The van der Waals surface area contributed by atoms with Crippen molar-refractivity contribution >= 4 is 5.91 Å². The van der Waals surface area contributed by atoms with Gasteiger partial charge >= 0.3 is 0 Å². The number of benzene rings is 1. The molecule has 0 aromatic heterocycles. The van der Waals surface area contributed by atoms with Gasteiger partial charge in [-0.25, -0.2) is 0 Å². The Morgan fingerprint density at radius 3 is 2.29 bits per heavy atom. The first-order valence-electron chi connectivity index (χ1n) is 6.25. The van der Waals surface area contributed by atoms with Crippen molar-refractivity contribution in [2.75, 3.05) is 19.6 Å². The van der Waals surface area contributed by atoms with Crippen molar-refractivity contribution in [1.82, 2.24) is 4.90 Å². The molecule has 0 radical (unpaired) electrons. The Morgan fingerprint density at radius 2 is 1.82 bits per heavy atom. The highest BCUT2D eigenvalue weighted by Gasteiger charge is 2.17. The number of carbonyl (C=O) groups excluding carboxylic acids is 1. The van der Waals surface area contributed by atoms with Crippen LogP contribution in [0, 0.1) is 0 Å². The maximum absolute atomic E-state index is 11.5. The lowest BCUT2D eigenvalue weighted by Gasteiger charge is -2.21. The zero-order chi connectivity index (χ0) is 12.7. The van der Waals surface area contributed by atoms with Crippen molar-refractivity contribution in [2.45, 2.75) is 26.2 Å². The third kappa shape index (κ3) is 4.19. The van der Waals surface area contributed by atoms with Crippen LogP contribution in [0.2, 0.25) is 0 Å². The van der Waals surface area contributed by atoms with Crippen LogP contribution < -0.4 is 5.73 Å². The highest BCUT2D eigenvalue weighted by molar-refractivity contribution is 5.81. The monoisotopic (exact) mass is 234 g/mol. The molecule has 0 aliphatic heterocycles. The average molecular weight is 234 g/mol. The minimum atomic E-state index is -0.233. The number of hydrogen-bond donors (Lipinski definition) is 1. The van der Waals surface area contributed by atoms with Gasteiger partial charge in [0.1, 0.15) is 0 Å². The lowest BCUT2D eigenvalue weighted by Crippen LogP contribution is -2.29. The van der Waals surface area contributed by atoms with E-state index in [-0.39, 0.29) is 11.8 Å². The van der Waals surface area contributed by atoms with Crippen LogP contribution in [-0.2, 0) is 4.79 Å². The predicted octanol–water partition coefficient (Wildman–Crippen LogP) is 1.99. The van der Waals surface area contributed by atoms with Crippen LogP contribution in [0.15, 0.2) is 30.3 Å². The molecule has 0 fully saturated rings. The van der Waals surface area contributed by atoms with Crippen LogP contribution in [0.3, 0.4) is 0 Å². The first-order chi connectivity index (χ1) is 8.19. The summed E-state index contributed by atoms with van der Waals surface area (Å²) in [6, 6.07) is 9.78. The van der Waals surface area contributed by atoms with Crippen LogP contribution >= 0.6 is 0 Å². The summed E-state index contributed by atoms with van der Waals surface area (Å²) in [5, 5.41) is 0. The maximum Gasteiger partial charge on any atom is 0.225 e. The van der Waals surface area contributed by atoms with E-state index in [1.807, 2.05) is 30.3 Å². The van der Waals surface area contributed by atoms with Gasteiger partial charge in [0.2, 0.25) is 5.91 Å². The summed E-state index contributed by atoms with van der Waals surface area (Å²) in [5.74, 6) is -0.403. The number of primary amides is 1. The molecule has 3 nitrogen and oxygen atoms in total. The zero-order valence-electron chi connectivity index (χ0n) is 10.7. The molecule has 1 atom stereocenters. The fraction of sp³-hybridized carbons (Fsp3) is 0.500. The Hall–Kier alpha value is -1.35. The molecule has 94 valence electrons. The van der Waals surface area contributed by atoms with Crippen LogP contribution in [-0.4, -0.2) is 30.4 Å². The van der Waals surface area contributed by atoms with E-state index in [1.54, 1.807) is 0 Å². The minimum absolute atomic E-state index is 0.170. The van der Waals surface area contributed by atoms with E-state index in [0.717, 1.165) is 31.6 Å². The number of nitrogens with zero attached hydrogens (tertiary/aromatic N) is 1. The number of nitrogens with two attached hydrogens (primary N) is 1. The van der Waals surface area contributed by atoms with E-state index in [4.69, 9.17) is 5.73 Å². The van der Waals surface area contributed by atoms with Crippen LogP contribution in [0.4, 0.5) is 0 Å². The van der Waals surface area contributed by atoms with Crippen molar-refractivity contribution in [3.63, 3.8) is 0 Å². The Bertz CT molecular complexity index is 333. The summed E-state index contributed by atoms with van der Waals surface area (Å²) in [6.07, 6.45) is 0.793. The summed E-state index contributed by atoms with van der Waals surface area (Å²) in [6.45, 7) is 7.19. The van der Waals surface area contributed by atoms with Crippen LogP contribution in [0.25, 0.3) is 0 Å². The van der Waals surface area contributed by atoms with E-state index in [0.29, 0.717) is 0 Å². The Kier molecular flexibility index (Phi) is 5.70. The lowest BCUT2D eigenvalue weighted by molar-refractivity contribution is -0.119. The van der Waals surface area contributed by atoms with Crippen LogP contribution in [0.1, 0.15) is 31.7 Å². The summed E-state index contributed by atoms with van der Waals surface area (Å²) in [4.78, 5) is 13.8. The number of carbonyl (C=O) groups is 1. The second kappa shape index (κ2) is 7.07. The molecule has 17 heavy (non-hydrogen) atoms. The summed E-state index contributed by atoms with van der Waals surface area (Å²) < 4.78 is 0. The zero-order valence-corrected chi connectivity index (χ0v) is 10.7. The fourth-order valence-corrected chi connectivity index (χ4v) is 2.01. The van der Waals surface area contributed by atoms with E-state index in [1.165, 1.54) is 0 Å². The van der Waals surface area contributed by atoms with Gasteiger partial charge in [-0.3, -0.25) is 4.79 Å². The molecule has 1 rings (SSSR count). The summed E-state index contributed by atoms with van der Waals surface area (Å²) in [7, 11) is 0. The molecule has 0 unspecified atom stereocenters. The van der Waals surface area contributed by atoms with E-state index < -0.39 is 0 Å². The molecule has 0 saturated carbocycles. The molecule has 1 aromatic carbocycles. The fourth-order valence-electron chi connectivity index (χ4n) is 2.01. The van der Waals surface area contributed by atoms with E-state index >= 15 is 0 Å². The van der Waals surface area contributed by atoms with Crippen molar-refractivity contribution < 1.29 is 4.79 Å². The third-order valence-corrected chi connectivity index (χ3v) is 3.17. The number of rotatable bonds is 7. The Labute approximate surface area is 104 Å². The van der Waals surface area contributed by atoms with Crippen molar-refractivity contribution in [2.24, 2.45) is 5.73 Å². The minimum Gasteiger partial charge on any atom is -0.369 e. The van der Waals surface area contributed by atoms with Crippen LogP contribution in [0.5, 0.6) is 0 Å². The van der Waals surface area contributed by atoms with Gasteiger partial charge in [-0.15, -0.1) is 0 Å². The highest BCUT2D eigenvalue weighted by Crippen LogP contribution is 2.19. The first-order valence-corrected chi connectivity index (χ1v) is 6.25. The Balaban J connectivity index is 2.65. The second-order valence-electron chi connectivity index (χ2n) is 4.18. The third-order valence-electron chi connectivity index (χ3n) is 3.17. The number of amides is 1. The highest BCUT2D eigenvalue weighted by atomic mass is 16.1. The Morgan fingerprint density at radius 1 is 1.24 bits per heavy atom. The summed E-state index contributed by atoms with van der Waals surface area (Å²) >= 11 is 0. The van der Waals surface area contributed by atoms with E-state index in [2.05, 4.69) is 18.7 Å². The van der Waals surface area contributed by atoms with Gasteiger partial charge in [-0.1, -0.05) is 44.2 Å². The van der Waals surface area contributed by atoms with E-state index in [9.17, 15) is 4.79 Å². The summed E-state index contributed by atoms with van der Waals surface area (Å²) in [5.41, 5.74) is 6.50.